The van der Waals surface area contributed by atoms with Crippen molar-refractivity contribution in [3.63, 3.8) is 0 Å². The van der Waals surface area contributed by atoms with E-state index in [-0.39, 0.29) is 42.1 Å². The van der Waals surface area contributed by atoms with E-state index in [1.54, 1.807) is 0 Å². The van der Waals surface area contributed by atoms with Gasteiger partial charge in [-0.1, -0.05) is 146 Å². The van der Waals surface area contributed by atoms with Crippen molar-refractivity contribution < 1.29 is 42.1 Å². The molecule has 12 aromatic rings. The van der Waals surface area contributed by atoms with Crippen molar-refractivity contribution in [2.45, 2.75) is 91.9 Å². The van der Waals surface area contributed by atoms with Crippen LogP contribution >= 0.6 is 0 Å². The zero-order valence-electron chi connectivity index (χ0n) is 47.7. The molecular weight excluding hydrogens is 1360 g/mol. The molecule has 412 valence electrons. The molecule has 0 unspecified atom stereocenters. The zero-order chi connectivity index (χ0) is 55.3. The first kappa shape index (κ1) is 59.0. The molecular formula is C74H66N6Pt2. The second-order valence-electron chi connectivity index (χ2n) is 21.9. The molecule has 0 amide bonds. The third-order valence-corrected chi connectivity index (χ3v) is 14.9. The molecule has 4 aromatic heterocycles. The number of nitrogens with zero attached hydrogens (tertiary/aromatic N) is 6. The number of imidazole rings is 2. The van der Waals surface area contributed by atoms with Crippen molar-refractivity contribution in [3.8, 4) is 56.7 Å². The molecule has 0 radical (unpaired) electrons. The summed E-state index contributed by atoms with van der Waals surface area (Å²) in [6.45, 7) is 18.0. The average Bonchev–Trinajstić information content (AvgIpc) is 4.17. The van der Waals surface area contributed by atoms with Crippen LogP contribution in [-0.4, -0.2) is 29.1 Å². The van der Waals surface area contributed by atoms with E-state index in [9.17, 15) is 0 Å². The van der Waals surface area contributed by atoms with Crippen LogP contribution in [-0.2, 0) is 55.0 Å². The number of aromatic nitrogens is 6. The standard InChI is InChI=1S/2C37H33N3.2Pt/c1-25(2)32-18-11-19-33(26(3)4)36(32)40-21-20-38-37(40)30-16-10-12-27(22-30)23-31-24-29-15-8-9-17-34(29)35(39-31)28-13-6-5-7-14-28;1-25(2)31-18-11-19-32(26(3)4)36(31)40-21-20-38-37(40)30-16-10-12-27(22-30)23-35-33-17-9-8-15-29(33)24-34(39-35)28-13-6-5-7-14-28;;/h2*5-13,15-21,24-26H,23H2,1-4H3;;/q2*-2;2*+2. The number of benzene rings is 8. The number of hydrogen-bond acceptors (Lipinski definition) is 4. The fourth-order valence-electron chi connectivity index (χ4n) is 11.0. The van der Waals surface area contributed by atoms with Gasteiger partial charge in [0.25, 0.3) is 0 Å². The summed E-state index contributed by atoms with van der Waals surface area (Å²) in [5.41, 5.74) is 17.8. The van der Waals surface area contributed by atoms with Crippen molar-refractivity contribution in [1.29, 1.82) is 0 Å². The van der Waals surface area contributed by atoms with Crippen LogP contribution in [0.5, 0.6) is 0 Å². The molecule has 0 aliphatic carbocycles. The molecule has 0 saturated carbocycles. The van der Waals surface area contributed by atoms with Gasteiger partial charge in [0, 0.05) is 52.9 Å². The van der Waals surface area contributed by atoms with Gasteiger partial charge in [-0.25, -0.2) is 0 Å². The maximum atomic E-state index is 5.11. The first-order valence-electron chi connectivity index (χ1n) is 28.1. The van der Waals surface area contributed by atoms with E-state index in [2.05, 4.69) is 247 Å². The average molecular weight is 1430 g/mol. The zero-order valence-corrected chi connectivity index (χ0v) is 52.2. The normalized spacial score (nSPS) is 11.3. The van der Waals surface area contributed by atoms with Crippen molar-refractivity contribution in [2.75, 3.05) is 0 Å². The summed E-state index contributed by atoms with van der Waals surface area (Å²) in [5.74, 6) is 3.40. The molecule has 82 heavy (non-hydrogen) atoms. The molecule has 0 aliphatic heterocycles. The molecule has 12 rings (SSSR count). The Morgan fingerprint density at radius 2 is 0.854 bits per heavy atom. The van der Waals surface area contributed by atoms with Gasteiger partial charge in [-0.05, 0) is 92.4 Å². The Morgan fingerprint density at radius 1 is 0.415 bits per heavy atom. The monoisotopic (exact) mass is 1430 g/mol. The van der Waals surface area contributed by atoms with Crippen LogP contribution in [0.3, 0.4) is 0 Å². The molecule has 0 fully saturated rings. The molecule has 0 N–H and O–H groups in total. The number of rotatable bonds is 14. The second-order valence-corrected chi connectivity index (χ2v) is 21.9. The van der Waals surface area contributed by atoms with Gasteiger partial charge < -0.3 is 19.1 Å². The Kier molecular flexibility index (Phi) is 19.1. The minimum atomic E-state index is 0. The van der Waals surface area contributed by atoms with Crippen LogP contribution in [0.1, 0.15) is 124 Å². The summed E-state index contributed by atoms with van der Waals surface area (Å²) in [6.07, 6.45) is 9.31. The second kappa shape index (κ2) is 26.5. The number of pyridine rings is 2. The molecule has 0 atom stereocenters. The summed E-state index contributed by atoms with van der Waals surface area (Å²) in [6, 6.07) is 77.4. The quantitative estimate of drug-likeness (QED) is 0.102. The van der Waals surface area contributed by atoms with Gasteiger partial charge in [-0.15, -0.1) is 143 Å². The molecule has 0 saturated heterocycles. The van der Waals surface area contributed by atoms with Crippen molar-refractivity contribution in [1.82, 2.24) is 29.1 Å². The van der Waals surface area contributed by atoms with Crippen molar-refractivity contribution in [2.24, 2.45) is 0 Å². The maximum Gasteiger partial charge on any atom is 2.00 e. The Hall–Kier alpha value is -7.62. The number of fused-ring (bicyclic) bond motifs is 2. The third kappa shape index (κ3) is 12.7. The van der Waals surface area contributed by atoms with Crippen LogP contribution in [0, 0.1) is 24.3 Å². The van der Waals surface area contributed by atoms with Gasteiger partial charge in [-0.3, -0.25) is 9.97 Å². The van der Waals surface area contributed by atoms with E-state index in [1.807, 2.05) is 48.8 Å². The summed E-state index contributed by atoms with van der Waals surface area (Å²) >= 11 is 0. The fourth-order valence-corrected chi connectivity index (χ4v) is 11.0. The van der Waals surface area contributed by atoms with E-state index < -0.39 is 0 Å². The van der Waals surface area contributed by atoms with Gasteiger partial charge in [-0.2, -0.15) is 0 Å². The predicted molar refractivity (Wildman–Crippen MR) is 330 cm³/mol. The molecule has 0 spiro atoms. The van der Waals surface area contributed by atoms with Crippen LogP contribution in [0.15, 0.2) is 207 Å². The van der Waals surface area contributed by atoms with E-state index in [1.165, 1.54) is 44.4 Å². The van der Waals surface area contributed by atoms with Gasteiger partial charge in [0.05, 0.1) is 11.6 Å². The topological polar surface area (TPSA) is 61.4 Å². The first-order chi connectivity index (χ1) is 39.0. The van der Waals surface area contributed by atoms with Gasteiger partial charge in [0.2, 0.25) is 0 Å². The van der Waals surface area contributed by atoms with Gasteiger partial charge in [0.15, 0.2) is 0 Å². The summed E-state index contributed by atoms with van der Waals surface area (Å²) in [4.78, 5) is 19.9. The van der Waals surface area contributed by atoms with Crippen LogP contribution < -0.4 is 0 Å². The molecule has 6 nitrogen and oxygen atoms in total. The Balaban J connectivity index is 0.000000193. The fraction of sp³-hybridized carbons (Fsp3) is 0.189. The minimum absolute atomic E-state index is 0. The third-order valence-electron chi connectivity index (χ3n) is 14.9. The molecule has 4 heterocycles. The molecule has 8 aromatic carbocycles. The van der Waals surface area contributed by atoms with Crippen LogP contribution in [0.25, 0.3) is 78.2 Å². The SMILES string of the molecule is CC(C)c1cccc(C(C)C)c1-n1ccnc1-c1[c-]c(Cc2cc3ccccc3c(-c3[c-]cccc3)n2)ccc1.CC(C)c1cccc(C(C)C)c1-n1ccnc1-c1[c-]c(Cc2nc(-c3[c-]cccc3)cc3ccccc23)ccc1.[Pt+2].[Pt+2]. The van der Waals surface area contributed by atoms with Crippen molar-refractivity contribution >= 4 is 21.5 Å². The smallest absolute Gasteiger partial charge is 0.340 e. The first-order valence-corrected chi connectivity index (χ1v) is 28.1. The van der Waals surface area contributed by atoms with Crippen LogP contribution in [0.2, 0.25) is 0 Å². The maximum absolute atomic E-state index is 5.11. The Morgan fingerprint density at radius 3 is 1.35 bits per heavy atom. The summed E-state index contributed by atoms with van der Waals surface area (Å²) < 4.78 is 4.50. The number of para-hydroxylation sites is 2. The summed E-state index contributed by atoms with van der Waals surface area (Å²) in [7, 11) is 0. The van der Waals surface area contributed by atoms with Gasteiger partial charge in [0.1, 0.15) is 0 Å². The molecule has 8 heteroatoms. The minimum Gasteiger partial charge on any atom is -0.340 e. The van der Waals surface area contributed by atoms with E-state index in [0.29, 0.717) is 36.5 Å². The van der Waals surface area contributed by atoms with E-state index in [4.69, 9.17) is 19.9 Å². The van der Waals surface area contributed by atoms with E-state index >= 15 is 0 Å². The largest absolute Gasteiger partial charge is 2.00 e. The number of hydrogen-bond donors (Lipinski definition) is 0. The predicted octanol–water partition coefficient (Wildman–Crippen LogP) is 18.4. The Bertz CT molecular complexity index is 4040. The molecule has 0 aliphatic rings. The van der Waals surface area contributed by atoms with Crippen LogP contribution in [0.4, 0.5) is 0 Å². The van der Waals surface area contributed by atoms with E-state index in [0.717, 1.165) is 78.6 Å². The molecule has 0 bridgehead atoms. The Labute approximate surface area is 513 Å². The van der Waals surface area contributed by atoms with Gasteiger partial charge >= 0.3 is 42.1 Å². The summed E-state index contributed by atoms with van der Waals surface area (Å²) in [5, 5.41) is 4.66. The van der Waals surface area contributed by atoms with Crippen molar-refractivity contribution in [3.05, 3.63) is 276 Å².